The van der Waals surface area contributed by atoms with Crippen LogP contribution in [0, 0.1) is 5.92 Å². The Morgan fingerprint density at radius 1 is 1.62 bits per heavy atom. The SMILES string of the molecule is CCC[C@@H]1CCc2sccc2[C@@H]1N. The third-order valence-electron chi connectivity index (χ3n) is 3.05. The largest absolute Gasteiger partial charge is 0.324 e. The standard InChI is InChI=1S/C11H17NS/c1-2-3-8-4-5-10-9(11(8)12)6-7-13-10/h6-8,11H,2-5,12H2,1H3/t8-,11-/m1/s1. The average Bonchev–Trinajstić information content (AvgIpc) is 2.58. The number of rotatable bonds is 2. The summed E-state index contributed by atoms with van der Waals surface area (Å²) in [4.78, 5) is 1.53. The van der Waals surface area contributed by atoms with Crippen molar-refractivity contribution in [3.05, 3.63) is 21.9 Å². The molecule has 0 spiro atoms. The molecule has 0 fully saturated rings. The molecule has 0 aromatic carbocycles. The zero-order chi connectivity index (χ0) is 9.26. The molecule has 1 aromatic heterocycles. The van der Waals surface area contributed by atoms with Crippen LogP contribution in [0.1, 0.15) is 42.7 Å². The zero-order valence-corrected chi connectivity index (χ0v) is 8.94. The maximum Gasteiger partial charge on any atom is 0.0334 e. The quantitative estimate of drug-likeness (QED) is 0.771. The van der Waals surface area contributed by atoms with E-state index in [2.05, 4.69) is 18.4 Å². The first-order valence-electron chi connectivity index (χ1n) is 5.14. The Kier molecular flexibility index (Phi) is 2.70. The third kappa shape index (κ3) is 1.65. The molecule has 2 heteroatoms. The molecule has 2 atom stereocenters. The highest BCUT2D eigenvalue weighted by Gasteiger charge is 2.26. The van der Waals surface area contributed by atoms with Gasteiger partial charge in [-0.05, 0) is 42.2 Å². The lowest BCUT2D eigenvalue weighted by atomic mass is 9.82. The lowest BCUT2D eigenvalue weighted by Gasteiger charge is -2.28. The highest BCUT2D eigenvalue weighted by Crippen LogP contribution is 2.37. The van der Waals surface area contributed by atoms with Gasteiger partial charge in [0.15, 0.2) is 0 Å². The molecule has 72 valence electrons. The van der Waals surface area contributed by atoms with E-state index in [1.54, 1.807) is 0 Å². The Hall–Kier alpha value is -0.340. The van der Waals surface area contributed by atoms with Gasteiger partial charge in [-0.1, -0.05) is 13.3 Å². The molecular weight excluding hydrogens is 178 g/mol. The predicted octanol–water partition coefficient (Wildman–Crippen LogP) is 3.11. The van der Waals surface area contributed by atoms with E-state index in [9.17, 15) is 0 Å². The van der Waals surface area contributed by atoms with Crippen LogP contribution >= 0.6 is 11.3 Å². The molecule has 0 radical (unpaired) electrons. The summed E-state index contributed by atoms with van der Waals surface area (Å²) >= 11 is 1.87. The van der Waals surface area contributed by atoms with Gasteiger partial charge in [0.1, 0.15) is 0 Å². The van der Waals surface area contributed by atoms with Gasteiger partial charge in [-0.3, -0.25) is 0 Å². The van der Waals surface area contributed by atoms with E-state index in [1.807, 2.05) is 11.3 Å². The minimum absolute atomic E-state index is 0.315. The fraction of sp³-hybridized carbons (Fsp3) is 0.636. The second-order valence-electron chi connectivity index (χ2n) is 3.91. The normalized spacial score (nSPS) is 27.2. The van der Waals surface area contributed by atoms with Gasteiger partial charge in [-0.15, -0.1) is 11.3 Å². The molecule has 0 unspecified atom stereocenters. The van der Waals surface area contributed by atoms with E-state index in [0.29, 0.717) is 6.04 Å². The maximum absolute atomic E-state index is 6.23. The van der Waals surface area contributed by atoms with Gasteiger partial charge in [0.2, 0.25) is 0 Å². The van der Waals surface area contributed by atoms with Crippen molar-refractivity contribution in [1.82, 2.24) is 0 Å². The molecule has 0 saturated heterocycles. The Morgan fingerprint density at radius 3 is 3.23 bits per heavy atom. The number of hydrogen-bond acceptors (Lipinski definition) is 2. The van der Waals surface area contributed by atoms with Crippen molar-refractivity contribution in [3.8, 4) is 0 Å². The van der Waals surface area contributed by atoms with E-state index < -0.39 is 0 Å². The van der Waals surface area contributed by atoms with Crippen molar-refractivity contribution in [2.24, 2.45) is 11.7 Å². The number of fused-ring (bicyclic) bond motifs is 1. The molecule has 1 heterocycles. The molecule has 2 rings (SSSR count). The van der Waals surface area contributed by atoms with Crippen molar-refractivity contribution < 1.29 is 0 Å². The Morgan fingerprint density at radius 2 is 2.46 bits per heavy atom. The van der Waals surface area contributed by atoms with Gasteiger partial charge in [0.05, 0.1) is 0 Å². The smallest absolute Gasteiger partial charge is 0.0334 e. The van der Waals surface area contributed by atoms with E-state index in [1.165, 1.54) is 36.1 Å². The van der Waals surface area contributed by atoms with Crippen LogP contribution < -0.4 is 5.73 Å². The summed E-state index contributed by atoms with van der Waals surface area (Å²) in [6.45, 7) is 2.25. The van der Waals surface area contributed by atoms with Crippen LogP contribution in [0.15, 0.2) is 11.4 Å². The molecule has 0 aliphatic heterocycles. The van der Waals surface area contributed by atoms with Gasteiger partial charge in [0.25, 0.3) is 0 Å². The lowest BCUT2D eigenvalue weighted by Crippen LogP contribution is -2.25. The summed E-state index contributed by atoms with van der Waals surface area (Å²) in [5.74, 6) is 0.729. The van der Waals surface area contributed by atoms with Gasteiger partial charge < -0.3 is 5.73 Å². The van der Waals surface area contributed by atoms with E-state index in [4.69, 9.17) is 5.73 Å². The monoisotopic (exact) mass is 195 g/mol. The molecule has 13 heavy (non-hydrogen) atoms. The number of nitrogens with two attached hydrogens (primary N) is 1. The molecule has 0 saturated carbocycles. The lowest BCUT2D eigenvalue weighted by molar-refractivity contribution is 0.355. The number of thiophene rings is 1. The molecular formula is C11H17NS. The van der Waals surface area contributed by atoms with Crippen molar-refractivity contribution in [3.63, 3.8) is 0 Å². The summed E-state index contributed by atoms with van der Waals surface area (Å²) in [7, 11) is 0. The summed E-state index contributed by atoms with van der Waals surface area (Å²) in [6, 6.07) is 2.53. The van der Waals surface area contributed by atoms with Crippen molar-refractivity contribution in [2.75, 3.05) is 0 Å². The minimum Gasteiger partial charge on any atom is -0.324 e. The number of hydrogen-bond donors (Lipinski definition) is 1. The fourth-order valence-electron chi connectivity index (χ4n) is 2.30. The first kappa shape index (κ1) is 9.22. The van der Waals surface area contributed by atoms with Gasteiger partial charge >= 0.3 is 0 Å². The third-order valence-corrected chi connectivity index (χ3v) is 4.05. The second kappa shape index (κ2) is 3.81. The molecule has 1 nitrogen and oxygen atoms in total. The van der Waals surface area contributed by atoms with Crippen LogP contribution in [0.5, 0.6) is 0 Å². The van der Waals surface area contributed by atoms with Crippen LogP contribution in [0.2, 0.25) is 0 Å². The molecule has 1 aliphatic carbocycles. The Labute approximate surface area is 84.0 Å². The number of aryl methyl sites for hydroxylation is 1. The molecule has 1 aliphatic rings. The molecule has 0 amide bonds. The highest BCUT2D eigenvalue weighted by atomic mass is 32.1. The van der Waals surface area contributed by atoms with Crippen LogP contribution in [0.25, 0.3) is 0 Å². The van der Waals surface area contributed by atoms with Crippen molar-refractivity contribution >= 4 is 11.3 Å². The maximum atomic E-state index is 6.23. The first-order chi connectivity index (χ1) is 6.33. The van der Waals surface area contributed by atoms with Gasteiger partial charge in [-0.25, -0.2) is 0 Å². The predicted molar refractivity (Wildman–Crippen MR) is 58.0 cm³/mol. The van der Waals surface area contributed by atoms with Crippen molar-refractivity contribution in [1.29, 1.82) is 0 Å². The van der Waals surface area contributed by atoms with Gasteiger partial charge in [0, 0.05) is 10.9 Å². The summed E-state index contributed by atoms with van der Waals surface area (Å²) in [5.41, 5.74) is 7.65. The Bertz CT molecular complexity index is 279. The minimum atomic E-state index is 0.315. The second-order valence-corrected chi connectivity index (χ2v) is 4.91. The zero-order valence-electron chi connectivity index (χ0n) is 8.12. The molecule has 1 aromatic rings. The summed E-state index contributed by atoms with van der Waals surface area (Å²) in [6.07, 6.45) is 5.10. The first-order valence-corrected chi connectivity index (χ1v) is 6.02. The van der Waals surface area contributed by atoms with Crippen LogP contribution in [0.3, 0.4) is 0 Å². The van der Waals surface area contributed by atoms with Crippen LogP contribution in [-0.4, -0.2) is 0 Å². The van der Waals surface area contributed by atoms with Gasteiger partial charge in [-0.2, -0.15) is 0 Å². The van der Waals surface area contributed by atoms with E-state index in [-0.39, 0.29) is 0 Å². The fourth-order valence-corrected chi connectivity index (χ4v) is 3.25. The highest BCUT2D eigenvalue weighted by molar-refractivity contribution is 7.10. The van der Waals surface area contributed by atoms with E-state index >= 15 is 0 Å². The Balaban J connectivity index is 2.17. The van der Waals surface area contributed by atoms with E-state index in [0.717, 1.165) is 5.92 Å². The molecule has 0 bridgehead atoms. The summed E-state index contributed by atoms with van der Waals surface area (Å²) in [5, 5.41) is 2.18. The van der Waals surface area contributed by atoms with Crippen LogP contribution in [0.4, 0.5) is 0 Å². The van der Waals surface area contributed by atoms with Crippen molar-refractivity contribution in [2.45, 2.75) is 38.6 Å². The molecule has 2 N–H and O–H groups in total. The average molecular weight is 195 g/mol. The van der Waals surface area contributed by atoms with Crippen LogP contribution in [-0.2, 0) is 6.42 Å². The topological polar surface area (TPSA) is 26.0 Å². The summed E-state index contributed by atoms with van der Waals surface area (Å²) < 4.78 is 0.